The molecule has 0 bridgehead atoms. The molecule has 1 N–H and O–H groups in total. The third-order valence-electron chi connectivity index (χ3n) is 3.33. The van der Waals surface area contributed by atoms with Crippen molar-refractivity contribution < 1.29 is 4.74 Å². The summed E-state index contributed by atoms with van der Waals surface area (Å²) in [5, 5.41) is 5.11. The molecule has 0 saturated carbocycles. The minimum Gasteiger partial charge on any atom is -0.380 e. The molecule has 5 heteroatoms. The molecule has 19 heavy (non-hydrogen) atoms. The standard InChI is InChI=1S/C14H18Cl3NO/c1-2-3-11-8-10(4-5-19-11)18-14-12(16)6-9(15)7-13(14)17/h6-7,10-11,18H,2-5,8H2,1H3. The number of anilines is 1. The average Bonchev–Trinajstić information content (AvgIpc) is 2.35. The van der Waals surface area contributed by atoms with Crippen LogP contribution in [0, 0.1) is 0 Å². The van der Waals surface area contributed by atoms with Crippen molar-refractivity contribution in [3.63, 3.8) is 0 Å². The highest BCUT2D eigenvalue weighted by molar-refractivity contribution is 6.41. The van der Waals surface area contributed by atoms with Crippen LogP contribution in [0.2, 0.25) is 15.1 Å². The van der Waals surface area contributed by atoms with Crippen molar-refractivity contribution in [1.29, 1.82) is 0 Å². The first-order valence-corrected chi connectivity index (χ1v) is 7.76. The second kappa shape index (κ2) is 7.03. The van der Waals surface area contributed by atoms with Crippen LogP contribution in [0.25, 0.3) is 0 Å². The Balaban J connectivity index is 2.04. The van der Waals surface area contributed by atoms with Crippen LogP contribution in [0.4, 0.5) is 5.69 Å². The van der Waals surface area contributed by atoms with Gasteiger partial charge in [0.2, 0.25) is 0 Å². The second-order valence-electron chi connectivity index (χ2n) is 4.89. The molecule has 1 aromatic rings. The Morgan fingerprint density at radius 3 is 2.58 bits per heavy atom. The minimum atomic E-state index is 0.334. The quantitative estimate of drug-likeness (QED) is 0.800. The van der Waals surface area contributed by atoms with Crippen LogP contribution in [0.5, 0.6) is 0 Å². The fourth-order valence-electron chi connectivity index (χ4n) is 2.42. The zero-order chi connectivity index (χ0) is 13.8. The zero-order valence-corrected chi connectivity index (χ0v) is 13.2. The lowest BCUT2D eigenvalue weighted by Gasteiger charge is -2.31. The summed E-state index contributed by atoms with van der Waals surface area (Å²) in [7, 11) is 0. The summed E-state index contributed by atoms with van der Waals surface area (Å²) in [6.45, 7) is 2.96. The van der Waals surface area contributed by atoms with Gasteiger partial charge >= 0.3 is 0 Å². The van der Waals surface area contributed by atoms with Gasteiger partial charge in [-0.1, -0.05) is 48.1 Å². The van der Waals surface area contributed by atoms with E-state index >= 15 is 0 Å². The maximum atomic E-state index is 6.19. The topological polar surface area (TPSA) is 21.3 Å². The van der Waals surface area contributed by atoms with Crippen LogP contribution in [0.15, 0.2) is 12.1 Å². The van der Waals surface area contributed by atoms with Gasteiger partial charge in [-0.25, -0.2) is 0 Å². The van der Waals surface area contributed by atoms with Crippen molar-refractivity contribution in [2.45, 2.75) is 44.8 Å². The van der Waals surface area contributed by atoms with Crippen LogP contribution in [-0.4, -0.2) is 18.8 Å². The molecular formula is C14H18Cl3NO. The smallest absolute Gasteiger partial charge is 0.0722 e. The third-order valence-corrected chi connectivity index (χ3v) is 4.15. The molecule has 2 unspecified atom stereocenters. The second-order valence-corrected chi connectivity index (χ2v) is 6.14. The lowest BCUT2D eigenvalue weighted by Crippen LogP contribution is -2.34. The molecule has 0 amide bonds. The molecule has 1 fully saturated rings. The lowest BCUT2D eigenvalue weighted by molar-refractivity contribution is 0.00598. The molecule has 0 spiro atoms. The number of ether oxygens (including phenoxy) is 1. The van der Waals surface area contributed by atoms with Crippen molar-refractivity contribution in [3.05, 3.63) is 27.2 Å². The summed E-state index contributed by atoms with van der Waals surface area (Å²) in [5.74, 6) is 0. The predicted molar refractivity (Wildman–Crippen MR) is 82.8 cm³/mol. The summed E-state index contributed by atoms with van der Waals surface area (Å²) in [4.78, 5) is 0. The van der Waals surface area contributed by atoms with Crippen molar-refractivity contribution >= 4 is 40.5 Å². The molecular weight excluding hydrogens is 305 g/mol. The molecule has 1 saturated heterocycles. The molecule has 106 valence electrons. The molecule has 2 nitrogen and oxygen atoms in total. The normalized spacial score (nSPS) is 23.4. The summed E-state index contributed by atoms with van der Waals surface area (Å²) < 4.78 is 5.74. The summed E-state index contributed by atoms with van der Waals surface area (Å²) in [5.41, 5.74) is 0.773. The number of rotatable bonds is 4. The fourth-order valence-corrected chi connectivity index (χ4v) is 3.34. The highest BCUT2D eigenvalue weighted by Gasteiger charge is 2.23. The van der Waals surface area contributed by atoms with Crippen LogP contribution >= 0.6 is 34.8 Å². The number of hydrogen-bond donors (Lipinski definition) is 1. The Bertz CT molecular complexity index is 414. The Hall–Kier alpha value is -0.150. The predicted octanol–water partition coefficient (Wildman–Crippen LogP) is 5.41. The van der Waals surface area contributed by atoms with Gasteiger partial charge in [0, 0.05) is 17.7 Å². The molecule has 0 aromatic heterocycles. The van der Waals surface area contributed by atoms with Gasteiger partial charge in [0.15, 0.2) is 0 Å². The molecule has 1 heterocycles. The van der Waals surface area contributed by atoms with Crippen molar-refractivity contribution in [1.82, 2.24) is 0 Å². The molecule has 2 atom stereocenters. The lowest BCUT2D eigenvalue weighted by atomic mass is 10.00. The fraction of sp³-hybridized carbons (Fsp3) is 0.571. The van der Waals surface area contributed by atoms with Crippen LogP contribution in [-0.2, 0) is 4.74 Å². The SMILES string of the molecule is CCCC1CC(Nc2c(Cl)cc(Cl)cc2Cl)CCO1. The van der Waals surface area contributed by atoms with E-state index in [0.717, 1.165) is 38.0 Å². The monoisotopic (exact) mass is 321 g/mol. The number of halogens is 3. The third kappa shape index (κ3) is 4.16. The van der Waals surface area contributed by atoms with Gasteiger partial charge in [0.1, 0.15) is 0 Å². The maximum absolute atomic E-state index is 6.19. The molecule has 0 radical (unpaired) electrons. The Kier molecular flexibility index (Phi) is 5.64. The van der Waals surface area contributed by atoms with Gasteiger partial charge < -0.3 is 10.1 Å². The Morgan fingerprint density at radius 2 is 1.95 bits per heavy atom. The summed E-state index contributed by atoms with van der Waals surface area (Å²) >= 11 is 18.3. The van der Waals surface area contributed by atoms with Crippen molar-refractivity contribution in [3.8, 4) is 0 Å². The first-order chi connectivity index (χ1) is 9.10. The van der Waals surface area contributed by atoms with E-state index in [2.05, 4.69) is 12.2 Å². The van der Waals surface area contributed by atoms with E-state index in [1.54, 1.807) is 12.1 Å². The van der Waals surface area contributed by atoms with Gasteiger partial charge in [-0.2, -0.15) is 0 Å². The van der Waals surface area contributed by atoms with Crippen LogP contribution in [0.1, 0.15) is 32.6 Å². The van der Waals surface area contributed by atoms with E-state index in [0.29, 0.717) is 27.2 Å². The first-order valence-electron chi connectivity index (χ1n) is 6.62. The van der Waals surface area contributed by atoms with Gasteiger partial charge in [0.25, 0.3) is 0 Å². The van der Waals surface area contributed by atoms with Crippen LogP contribution < -0.4 is 5.32 Å². The number of nitrogens with one attached hydrogen (secondary N) is 1. The van der Waals surface area contributed by atoms with Crippen molar-refractivity contribution in [2.75, 3.05) is 11.9 Å². The molecule has 1 aliphatic heterocycles. The number of hydrogen-bond acceptors (Lipinski definition) is 2. The van der Waals surface area contributed by atoms with Crippen LogP contribution in [0.3, 0.4) is 0 Å². The van der Waals surface area contributed by atoms with E-state index < -0.39 is 0 Å². The van der Waals surface area contributed by atoms with Gasteiger partial charge in [0.05, 0.1) is 21.8 Å². The Morgan fingerprint density at radius 1 is 1.26 bits per heavy atom. The largest absolute Gasteiger partial charge is 0.380 e. The van der Waals surface area contributed by atoms with E-state index in [9.17, 15) is 0 Å². The van der Waals surface area contributed by atoms with E-state index in [-0.39, 0.29) is 0 Å². The number of benzene rings is 1. The first kappa shape index (κ1) is 15.2. The van der Waals surface area contributed by atoms with Gasteiger partial charge in [-0.15, -0.1) is 0 Å². The molecule has 1 aromatic carbocycles. The van der Waals surface area contributed by atoms with E-state index in [4.69, 9.17) is 39.5 Å². The van der Waals surface area contributed by atoms with E-state index in [1.165, 1.54) is 0 Å². The summed E-state index contributed by atoms with van der Waals surface area (Å²) in [6, 6.07) is 3.77. The van der Waals surface area contributed by atoms with Gasteiger partial charge in [-0.05, 0) is 31.4 Å². The van der Waals surface area contributed by atoms with Crippen molar-refractivity contribution in [2.24, 2.45) is 0 Å². The highest BCUT2D eigenvalue weighted by Crippen LogP contribution is 2.35. The minimum absolute atomic E-state index is 0.334. The molecule has 1 aliphatic rings. The summed E-state index contributed by atoms with van der Waals surface area (Å²) in [6.07, 6.45) is 4.53. The van der Waals surface area contributed by atoms with E-state index in [1.807, 2.05) is 0 Å². The molecule has 2 rings (SSSR count). The zero-order valence-electron chi connectivity index (χ0n) is 10.9. The Labute approximate surface area is 129 Å². The van der Waals surface area contributed by atoms with Gasteiger partial charge in [-0.3, -0.25) is 0 Å². The average molecular weight is 323 g/mol. The molecule has 0 aliphatic carbocycles. The highest BCUT2D eigenvalue weighted by atomic mass is 35.5. The maximum Gasteiger partial charge on any atom is 0.0722 e.